The summed E-state index contributed by atoms with van der Waals surface area (Å²) in [6, 6.07) is 3.61. The second kappa shape index (κ2) is 4.93. The normalized spacial score (nSPS) is 45.3. The Kier molecular flexibility index (Phi) is 2.94. The Morgan fingerprint density at radius 3 is 2.89 bits per heavy atom. The van der Waals surface area contributed by atoms with Crippen molar-refractivity contribution in [3.05, 3.63) is 23.3 Å². The van der Waals surface area contributed by atoms with Gasteiger partial charge in [0.05, 0.1) is 5.41 Å². The average Bonchev–Trinajstić information content (AvgIpc) is 2.97. The summed E-state index contributed by atoms with van der Waals surface area (Å²) in [6.45, 7) is 3.13. The molecule has 5 nitrogen and oxygen atoms in total. The van der Waals surface area contributed by atoms with Gasteiger partial charge in [-0.25, -0.2) is 4.58 Å². The minimum absolute atomic E-state index is 0.0238. The molecular weight excluding hydrogens is 342 g/mol. The van der Waals surface area contributed by atoms with Gasteiger partial charge in [-0.15, -0.1) is 0 Å². The zero-order valence-corrected chi connectivity index (χ0v) is 15.6. The molecule has 6 rings (SSSR count). The van der Waals surface area contributed by atoms with Crippen molar-refractivity contribution in [1.29, 1.82) is 0 Å². The Labute approximate surface area is 158 Å². The van der Waals surface area contributed by atoms with E-state index in [1.54, 1.807) is 6.07 Å². The molecule has 2 saturated carbocycles. The lowest BCUT2D eigenvalue weighted by molar-refractivity contribution is -0.607. The number of piperidine rings is 1. The molecule has 1 aromatic rings. The van der Waals surface area contributed by atoms with Gasteiger partial charge in [-0.3, -0.25) is 4.79 Å². The van der Waals surface area contributed by atoms with Crippen molar-refractivity contribution < 1.29 is 24.3 Å². The van der Waals surface area contributed by atoms with Crippen LogP contribution < -0.4 is 4.74 Å². The number of carbonyl (C=O) groups excluding carboxylic acids is 1. The zero-order chi connectivity index (χ0) is 18.6. The van der Waals surface area contributed by atoms with E-state index in [9.17, 15) is 15.0 Å². The lowest BCUT2D eigenvalue weighted by Gasteiger charge is -2.57. The average molecular weight is 368 g/mol. The number of benzene rings is 1. The number of ether oxygens (including phenoxy) is 1. The van der Waals surface area contributed by atoms with E-state index in [1.807, 2.05) is 6.07 Å². The molecule has 3 fully saturated rings. The fourth-order valence-corrected chi connectivity index (χ4v) is 6.89. The van der Waals surface area contributed by atoms with Crippen LogP contribution in [0.4, 0.5) is 0 Å². The first-order chi connectivity index (χ1) is 12.9. The Hall–Kier alpha value is -1.88. The molecule has 1 spiro atoms. The maximum absolute atomic E-state index is 12.8. The van der Waals surface area contributed by atoms with Crippen LogP contribution >= 0.6 is 0 Å². The van der Waals surface area contributed by atoms with Crippen molar-refractivity contribution in [2.45, 2.75) is 68.6 Å². The van der Waals surface area contributed by atoms with Gasteiger partial charge < -0.3 is 14.9 Å². The molecule has 0 aromatic heterocycles. The highest BCUT2D eigenvalue weighted by Crippen LogP contribution is 2.64. The number of ketones is 1. The molecule has 2 bridgehead atoms. The first-order valence-corrected chi connectivity index (χ1v) is 10.3. The SMILES string of the molecule is CC1CC(C=[N+]2CC[C@]34c5c6ccc(O)c5O[C@H]3C(=O)CC[C@@]4(O)[C@H]2C6)C1. The van der Waals surface area contributed by atoms with Gasteiger partial charge in [-0.2, -0.15) is 0 Å². The summed E-state index contributed by atoms with van der Waals surface area (Å²) in [5.74, 6) is 1.99. The molecule has 27 heavy (non-hydrogen) atoms. The summed E-state index contributed by atoms with van der Waals surface area (Å²) in [5.41, 5.74) is 0.346. The third-order valence-corrected chi connectivity index (χ3v) is 8.11. The summed E-state index contributed by atoms with van der Waals surface area (Å²) in [7, 11) is 0. The molecule has 2 heterocycles. The van der Waals surface area contributed by atoms with E-state index in [1.165, 1.54) is 12.8 Å². The topological polar surface area (TPSA) is 69.8 Å². The number of aromatic hydroxyl groups is 1. The van der Waals surface area contributed by atoms with Crippen LogP contribution in [-0.4, -0.2) is 51.1 Å². The second-order valence-corrected chi connectivity index (χ2v) is 9.50. The van der Waals surface area contributed by atoms with Crippen LogP contribution in [0.2, 0.25) is 0 Å². The molecule has 2 aliphatic heterocycles. The first kappa shape index (κ1) is 16.1. The van der Waals surface area contributed by atoms with E-state index < -0.39 is 17.1 Å². The van der Waals surface area contributed by atoms with Crippen molar-refractivity contribution in [2.75, 3.05) is 6.54 Å². The molecule has 2 N–H and O–H groups in total. The maximum Gasteiger partial charge on any atom is 0.185 e. The summed E-state index contributed by atoms with van der Waals surface area (Å²) in [6.07, 6.45) is 6.42. The molecule has 5 heteroatoms. The lowest BCUT2D eigenvalue weighted by Crippen LogP contribution is -2.75. The van der Waals surface area contributed by atoms with Crippen molar-refractivity contribution in [3.63, 3.8) is 0 Å². The van der Waals surface area contributed by atoms with Crippen LogP contribution in [0.1, 0.15) is 50.2 Å². The zero-order valence-electron chi connectivity index (χ0n) is 15.6. The lowest BCUT2D eigenvalue weighted by atomic mass is 9.49. The molecule has 142 valence electrons. The Balaban J connectivity index is 1.54. The molecule has 1 aromatic carbocycles. The number of nitrogens with zero attached hydrogens (tertiary/aromatic N) is 1. The molecular formula is C22H26NO4+. The predicted molar refractivity (Wildman–Crippen MR) is 98.6 cm³/mol. The minimum Gasteiger partial charge on any atom is -0.504 e. The monoisotopic (exact) mass is 368 g/mol. The van der Waals surface area contributed by atoms with E-state index in [0.29, 0.717) is 30.9 Å². The highest BCUT2D eigenvalue weighted by atomic mass is 16.5. The summed E-state index contributed by atoms with van der Waals surface area (Å²) in [4.78, 5) is 12.8. The molecule has 4 atom stereocenters. The van der Waals surface area contributed by atoms with E-state index in [2.05, 4.69) is 17.7 Å². The maximum atomic E-state index is 12.8. The van der Waals surface area contributed by atoms with Crippen molar-refractivity contribution in [2.24, 2.45) is 11.8 Å². The molecule has 5 aliphatic rings. The number of phenols is 1. The Morgan fingerprint density at radius 1 is 1.30 bits per heavy atom. The quantitative estimate of drug-likeness (QED) is 0.744. The standard InChI is InChI=1S/C22H25NO4/c1-12-8-13(9-12)11-23-7-6-21-18-14-2-3-15(24)19(18)27-20(21)16(25)4-5-22(21,26)17(23)10-14/h2-3,11-13,17,20,26H,4-10H2,1H3/p+1/t12?,13?,17-,20+,21+,22-/m1/s1. The Bertz CT molecular complexity index is 902. The molecule has 0 unspecified atom stereocenters. The van der Waals surface area contributed by atoms with Crippen LogP contribution in [0.5, 0.6) is 11.5 Å². The highest BCUT2D eigenvalue weighted by molar-refractivity contribution is 5.90. The number of carbonyl (C=O) groups is 1. The van der Waals surface area contributed by atoms with Crippen LogP contribution in [0.25, 0.3) is 0 Å². The van der Waals surface area contributed by atoms with Crippen molar-refractivity contribution >= 4 is 12.0 Å². The first-order valence-electron chi connectivity index (χ1n) is 10.3. The van der Waals surface area contributed by atoms with Gasteiger partial charge in [0, 0.05) is 30.7 Å². The van der Waals surface area contributed by atoms with Gasteiger partial charge in [-0.05, 0) is 36.8 Å². The van der Waals surface area contributed by atoms with Crippen LogP contribution in [-0.2, 0) is 16.6 Å². The van der Waals surface area contributed by atoms with Crippen molar-refractivity contribution in [3.8, 4) is 11.5 Å². The fourth-order valence-electron chi connectivity index (χ4n) is 6.89. The number of rotatable bonds is 1. The number of Topliss-reactive ketones (excluding diaryl/α,β-unsaturated/α-hetero) is 1. The minimum atomic E-state index is -0.984. The molecule has 1 saturated heterocycles. The fraction of sp³-hybridized carbons (Fsp3) is 0.636. The van der Waals surface area contributed by atoms with Crippen molar-refractivity contribution in [1.82, 2.24) is 0 Å². The number of hydrogen-bond donors (Lipinski definition) is 2. The van der Waals surface area contributed by atoms with Gasteiger partial charge in [-0.1, -0.05) is 13.0 Å². The third-order valence-electron chi connectivity index (χ3n) is 8.11. The predicted octanol–water partition coefficient (Wildman–Crippen LogP) is 1.94. The highest BCUT2D eigenvalue weighted by Gasteiger charge is 2.75. The van der Waals surface area contributed by atoms with Gasteiger partial charge in [0.1, 0.15) is 18.4 Å². The van der Waals surface area contributed by atoms with Crippen LogP contribution in [0, 0.1) is 11.8 Å². The second-order valence-electron chi connectivity index (χ2n) is 9.50. The molecule has 0 amide bonds. The summed E-state index contributed by atoms with van der Waals surface area (Å²) in [5, 5.41) is 22.4. The van der Waals surface area contributed by atoms with Gasteiger partial charge in [0.2, 0.25) is 0 Å². The number of aliphatic hydroxyl groups is 1. The van der Waals surface area contributed by atoms with Gasteiger partial charge in [0.15, 0.2) is 29.4 Å². The Morgan fingerprint density at radius 2 is 2.11 bits per heavy atom. The van der Waals surface area contributed by atoms with Gasteiger partial charge >= 0.3 is 0 Å². The van der Waals surface area contributed by atoms with E-state index in [0.717, 1.165) is 30.0 Å². The number of phenolic OH excluding ortho intramolecular Hbond substituents is 1. The van der Waals surface area contributed by atoms with E-state index in [4.69, 9.17) is 4.74 Å². The summed E-state index contributed by atoms with van der Waals surface area (Å²) >= 11 is 0. The van der Waals surface area contributed by atoms with E-state index in [-0.39, 0.29) is 17.6 Å². The van der Waals surface area contributed by atoms with E-state index >= 15 is 0 Å². The third kappa shape index (κ3) is 1.75. The molecule has 3 aliphatic carbocycles. The molecule has 0 radical (unpaired) electrons. The smallest absolute Gasteiger partial charge is 0.185 e. The van der Waals surface area contributed by atoms with Crippen LogP contribution in [0.15, 0.2) is 12.1 Å². The van der Waals surface area contributed by atoms with Gasteiger partial charge in [0.25, 0.3) is 0 Å². The largest absolute Gasteiger partial charge is 0.504 e. The van der Waals surface area contributed by atoms with Crippen LogP contribution in [0.3, 0.4) is 0 Å². The number of hydrogen-bond acceptors (Lipinski definition) is 4. The summed E-state index contributed by atoms with van der Waals surface area (Å²) < 4.78 is 8.44.